The largest absolute Gasteiger partial charge is 0.497 e. The van der Waals surface area contributed by atoms with Crippen molar-refractivity contribution in [1.29, 1.82) is 0 Å². The van der Waals surface area contributed by atoms with E-state index in [0.29, 0.717) is 5.13 Å². The van der Waals surface area contributed by atoms with E-state index in [4.69, 9.17) is 10.5 Å². The third kappa shape index (κ3) is 2.90. The number of nitrogens with zero attached hydrogens (tertiary/aromatic N) is 3. The molecular formula is C15H14N4OS2. The van der Waals surface area contributed by atoms with Gasteiger partial charge in [-0.05, 0) is 36.6 Å². The summed E-state index contributed by atoms with van der Waals surface area (Å²) in [7, 11) is 1.64. The maximum atomic E-state index is 5.91. The van der Waals surface area contributed by atoms with Gasteiger partial charge in [0.15, 0.2) is 10.3 Å². The molecule has 3 aromatic rings. The van der Waals surface area contributed by atoms with Crippen molar-refractivity contribution in [3.8, 4) is 27.6 Å². The van der Waals surface area contributed by atoms with Crippen LogP contribution >= 0.6 is 23.1 Å². The molecule has 2 heterocycles. The van der Waals surface area contributed by atoms with Gasteiger partial charge in [-0.15, -0.1) is 0 Å². The summed E-state index contributed by atoms with van der Waals surface area (Å²) in [6.07, 6.45) is 3.70. The van der Waals surface area contributed by atoms with Crippen LogP contribution in [0.4, 0.5) is 5.13 Å². The highest BCUT2D eigenvalue weighted by Gasteiger charge is 2.15. The molecule has 0 spiro atoms. The Bertz CT molecular complexity index is 786. The van der Waals surface area contributed by atoms with Gasteiger partial charge in [0.25, 0.3) is 0 Å². The number of hydrogen-bond donors (Lipinski definition) is 1. The van der Waals surface area contributed by atoms with Gasteiger partial charge in [0.05, 0.1) is 23.4 Å². The van der Waals surface area contributed by atoms with Gasteiger partial charge in [-0.2, -0.15) is 0 Å². The molecule has 0 radical (unpaired) electrons. The number of thioether (sulfide) groups is 1. The highest BCUT2D eigenvalue weighted by atomic mass is 32.2. The molecular weight excluding hydrogens is 316 g/mol. The molecule has 112 valence electrons. The minimum atomic E-state index is 0.519. The van der Waals surface area contributed by atoms with Crippen molar-refractivity contribution in [3.05, 3.63) is 36.5 Å². The first kappa shape index (κ1) is 14.8. The van der Waals surface area contributed by atoms with Crippen LogP contribution in [0.2, 0.25) is 0 Å². The minimum Gasteiger partial charge on any atom is -0.497 e. The van der Waals surface area contributed by atoms with Crippen LogP contribution in [-0.2, 0) is 0 Å². The van der Waals surface area contributed by atoms with E-state index in [0.717, 1.165) is 32.7 Å². The fourth-order valence-electron chi connectivity index (χ4n) is 2.02. The number of benzene rings is 1. The third-order valence-electron chi connectivity index (χ3n) is 3.06. The van der Waals surface area contributed by atoms with Crippen LogP contribution in [0.5, 0.6) is 5.75 Å². The molecule has 0 aliphatic carbocycles. The highest BCUT2D eigenvalue weighted by molar-refractivity contribution is 7.98. The number of methoxy groups -OCH3 is 1. The quantitative estimate of drug-likeness (QED) is 0.582. The molecule has 0 bridgehead atoms. The number of nitrogens with two attached hydrogens (primary N) is 1. The lowest BCUT2D eigenvalue weighted by atomic mass is 10.1. The summed E-state index contributed by atoms with van der Waals surface area (Å²) >= 11 is 2.93. The lowest BCUT2D eigenvalue weighted by molar-refractivity contribution is 0.415. The zero-order valence-corrected chi connectivity index (χ0v) is 13.7. The monoisotopic (exact) mass is 330 g/mol. The number of thiazole rings is 1. The van der Waals surface area contributed by atoms with Crippen molar-refractivity contribution < 1.29 is 4.74 Å². The van der Waals surface area contributed by atoms with E-state index < -0.39 is 0 Å². The molecule has 2 aromatic heterocycles. The zero-order valence-electron chi connectivity index (χ0n) is 12.1. The van der Waals surface area contributed by atoms with Gasteiger partial charge < -0.3 is 10.5 Å². The summed E-state index contributed by atoms with van der Waals surface area (Å²) in [5.74, 6) is 0.806. The predicted octanol–water partition coefficient (Wildman–Crippen LogP) is 3.58. The topological polar surface area (TPSA) is 73.9 Å². The Morgan fingerprint density at radius 1 is 1.14 bits per heavy atom. The Balaban J connectivity index is 2.08. The lowest BCUT2D eigenvalue weighted by Crippen LogP contribution is -1.90. The summed E-state index contributed by atoms with van der Waals surface area (Å²) in [5, 5.41) is 1.25. The standard InChI is InChI=1S/C15H14N4OS2/c1-20-10-5-3-9(4-6-10)12-13(22-14(16)19-12)11-7-8-17-15(18-11)21-2/h3-8H,1-2H3,(H2,16,19). The number of ether oxygens (including phenoxy) is 1. The molecule has 0 aliphatic heterocycles. The van der Waals surface area contributed by atoms with Crippen molar-refractivity contribution in [2.75, 3.05) is 19.1 Å². The summed E-state index contributed by atoms with van der Waals surface area (Å²) in [6.45, 7) is 0. The Kier molecular flexibility index (Phi) is 4.26. The SMILES string of the molecule is COc1ccc(-c2nc(N)sc2-c2ccnc(SC)n2)cc1. The van der Waals surface area contributed by atoms with E-state index in [-0.39, 0.29) is 0 Å². The summed E-state index contributed by atoms with van der Waals surface area (Å²) in [4.78, 5) is 14.1. The normalized spacial score (nSPS) is 10.6. The second-order valence-corrected chi connectivity index (χ2v) is 6.19. The van der Waals surface area contributed by atoms with Crippen LogP contribution in [0.3, 0.4) is 0 Å². The molecule has 0 amide bonds. The fourth-order valence-corrected chi connectivity index (χ4v) is 3.20. The van der Waals surface area contributed by atoms with Gasteiger partial charge in [0.2, 0.25) is 0 Å². The maximum absolute atomic E-state index is 5.91. The molecule has 0 saturated heterocycles. The van der Waals surface area contributed by atoms with E-state index in [1.54, 1.807) is 13.3 Å². The maximum Gasteiger partial charge on any atom is 0.187 e. The number of aromatic nitrogens is 3. The molecule has 5 nitrogen and oxygen atoms in total. The minimum absolute atomic E-state index is 0.519. The smallest absolute Gasteiger partial charge is 0.187 e. The second-order valence-electron chi connectivity index (χ2n) is 4.39. The average Bonchev–Trinajstić information content (AvgIpc) is 2.97. The highest BCUT2D eigenvalue weighted by Crippen LogP contribution is 2.37. The first-order chi connectivity index (χ1) is 10.7. The molecule has 3 rings (SSSR count). The molecule has 2 N–H and O–H groups in total. The van der Waals surface area contributed by atoms with Crippen molar-refractivity contribution in [1.82, 2.24) is 15.0 Å². The number of rotatable bonds is 4. The Labute approximate surface area is 136 Å². The lowest BCUT2D eigenvalue weighted by Gasteiger charge is -2.04. The molecule has 7 heteroatoms. The van der Waals surface area contributed by atoms with E-state index >= 15 is 0 Å². The Morgan fingerprint density at radius 3 is 2.59 bits per heavy atom. The number of anilines is 1. The van der Waals surface area contributed by atoms with Gasteiger partial charge in [0, 0.05) is 11.8 Å². The average molecular weight is 330 g/mol. The summed E-state index contributed by atoms with van der Waals surface area (Å²) < 4.78 is 5.19. The van der Waals surface area contributed by atoms with Crippen LogP contribution < -0.4 is 10.5 Å². The van der Waals surface area contributed by atoms with Crippen molar-refractivity contribution in [2.45, 2.75) is 5.16 Å². The van der Waals surface area contributed by atoms with Crippen LogP contribution in [0.15, 0.2) is 41.7 Å². The Morgan fingerprint density at radius 2 is 1.91 bits per heavy atom. The summed E-state index contributed by atoms with van der Waals surface area (Å²) in [6, 6.07) is 9.62. The van der Waals surface area contributed by atoms with E-state index in [2.05, 4.69) is 15.0 Å². The van der Waals surface area contributed by atoms with Crippen molar-refractivity contribution in [3.63, 3.8) is 0 Å². The van der Waals surface area contributed by atoms with Gasteiger partial charge in [0.1, 0.15) is 5.75 Å². The molecule has 22 heavy (non-hydrogen) atoms. The third-order valence-corrected chi connectivity index (χ3v) is 4.52. The molecule has 1 aromatic carbocycles. The van der Waals surface area contributed by atoms with Gasteiger partial charge in [-0.25, -0.2) is 15.0 Å². The van der Waals surface area contributed by atoms with E-state index in [1.165, 1.54) is 23.1 Å². The molecule has 0 atom stereocenters. The van der Waals surface area contributed by atoms with Gasteiger partial charge in [-0.1, -0.05) is 23.1 Å². The molecule has 0 aliphatic rings. The molecule has 0 fully saturated rings. The summed E-state index contributed by atoms with van der Waals surface area (Å²) in [5.41, 5.74) is 8.56. The van der Waals surface area contributed by atoms with Crippen LogP contribution in [0.25, 0.3) is 21.8 Å². The van der Waals surface area contributed by atoms with Crippen molar-refractivity contribution in [2.24, 2.45) is 0 Å². The molecule has 0 saturated carbocycles. The number of hydrogen-bond acceptors (Lipinski definition) is 7. The van der Waals surface area contributed by atoms with Gasteiger partial charge >= 0.3 is 0 Å². The van der Waals surface area contributed by atoms with E-state index in [9.17, 15) is 0 Å². The van der Waals surface area contributed by atoms with Gasteiger partial charge in [-0.3, -0.25) is 0 Å². The van der Waals surface area contributed by atoms with Crippen LogP contribution in [0, 0.1) is 0 Å². The first-order valence-electron chi connectivity index (χ1n) is 6.49. The predicted molar refractivity (Wildman–Crippen MR) is 91.3 cm³/mol. The number of nitrogen functional groups attached to an aromatic ring is 1. The fraction of sp³-hybridized carbons (Fsp3) is 0.133. The van der Waals surface area contributed by atoms with Crippen LogP contribution in [-0.4, -0.2) is 28.3 Å². The first-order valence-corrected chi connectivity index (χ1v) is 8.53. The Hall–Kier alpha value is -2.12. The second kappa shape index (κ2) is 6.33. The molecule has 0 unspecified atom stereocenters. The van der Waals surface area contributed by atoms with Crippen molar-refractivity contribution >= 4 is 28.2 Å². The zero-order chi connectivity index (χ0) is 15.5. The van der Waals surface area contributed by atoms with Crippen LogP contribution in [0.1, 0.15) is 0 Å². The van der Waals surface area contributed by atoms with E-state index in [1.807, 2.05) is 36.6 Å².